The number of rotatable bonds is 10. The van der Waals surface area contributed by atoms with E-state index in [0.29, 0.717) is 56.6 Å². The van der Waals surface area contributed by atoms with Crippen LogP contribution in [0.1, 0.15) is 37.9 Å². The summed E-state index contributed by atoms with van der Waals surface area (Å²) in [5.74, 6) is 1.27. The Bertz CT molecular complexity index is 1550. The van der Waals surface area contributed by atoms with Gasteiger partial charge in [0.25, 0.3) is 5.56 Å². The van der Waals surface area contributed by atoms with Crippen molar-refractivity contribution in [2.24, 2.45) is 4.99 Å². The number of hydrogen-bond donors (Lipinski definition) is 0. The van der Waals surface area contributed by atoms with Crippen LogP contribution in [-0.4, -0.2) is 37.5 Å². The van der Waals surface area contributed by atoms with E-state index >= 15 is 0 Å². The number of aromatic nitrogens is 1. The minimum Gasteiger partial charge on any atom is -0.493 e. The van der Waals surface area contributed by atoms with Gasteiger partial charge < -0.3 is 18.9 Å². The van der Waals surface area contributed by atoms with E-state index in [0.717, 1.165) is 5.56 Å². The highest BCUT2D eigenvalue weighted by atomic mass is 32.1. The van der Waals surface area contributed by atoms with Crippen LogP contribution in [0, 0.1) is 0 Å². The average Bonchev–Trinajstić information content (AvgIpc) is 3.21. The first-order chi connectivity index (χ1) is 18.4. The summed E-state index contributed by atoms with van der Waals surface area (Å²) in [7, 11) is 1.56. The fourth-order valence-electron chi connectivity index (χ4n) is 4.21. The Labute approximate surface area is 224 Å². The maximum Gasteiger partial charge on any atom is 0.338 e. The summed E-state index contributed by atoms with van der Waals surface area (Å²) >= 11 is 1.27. The van der Waals surface area contributed by atoms with Gasteiger partial charge in [-0.15, -0.1) is 0 Å². The zero-order valence-electron chi connectivity index (χ0n) is 21.9. The highest BCUT2D eigenvalue weighted by molar-refractivity contribution is 7.07. The van der Waals surface area contributed by atoms with Gasteiger partial charge in [-0.05, 0) is 62.2 Å². The van der Waals surface area contributed by atoms with Gasteiger partial charge in [-0.25, -0.2) is 9.79 Å². The third-order valence-electron chi connectivity index (χ3n) is 5.87. The molecule has 38 heavy (non-hydrogen) atoms. The molecule has 1 aromatic heterocycles. The fourth-order valence-corrected chi connectivity index (χ4v) is 5.25. The number of fused-ring (bicyclic) bond motifs is 1. The molecule has 198 valence electrons. The molecule has 2 aromatic carbocycles. The lowest BCUT2D eigenvalue weighted by atomic mass is 9.95. The van der Waals surface area contributed by atoms with E-state index < -0.39 is 12.0 Å². The van der Waals surface area contributed by atoms with Crippen molar-refractivity contribution in [1.82, 2.24) is 4.57 Å². The maximum absolute atomic E-state index is 13.8. The van der Waals surface area contributed by atoms with E-state index in [1.54, 1.807) is 49.8 Å². The van der Waals surface area contributed by atoms with Crippen molar-refractivity contribution in [3.63, 3.8) is 0 Å². The van der Waals surface area contributed by atoms with E-state index in [-0.39, 0.29) is 12.2 Å². The molecule has 0 saturated carbocycles. The monoisotopic (exact) mass is 534 g/mol. The first kappa shape index (κ1) is 26.9. The molecule has 0 aliphatic carbocycles. The van der Waals surface area contributed by atoms with Crippen LogP contribution in [0.4, 0.5) is 0 Å². The molecule has 2 heterocycles. The van der Waals surface area contributed by atoms with Crippen molar-refractivity contribution >= 4 is 23.4 Å². The van der Waals surface area contributed by atoms with Crippen molar-refractivity contribution in [2.75, 3.05) is 26.9 Å². The number of esters is 1. The van der Waals surface area contributed by atoms with Crippen LogP contribution >= 0.6 is 11.3 Å². The molecule has 0 amide bonds. The second-order valence-corrected chi connectivity index (χ2v) is 9.32. The van der Waals surface area contributed by atoms with E-state index in [9.17, 15) is 9.59 Å². The van der Waals surface area contributed by atoms with Crippen molar-refractivity contribution in [3.05, 3.63) is 97.2 Å². The molecule has 4 rings (SSSR count). The Balaban J connectivity index is 1.87. The molecule has 0 bridgehead atoms. The van der Waals surface area contributed by atoms with E-state index in [1.807, 2.05) is 37.3 Å². The van der Waals surface area contributed by atoms with E-state index in [1.165, 1.54) is 11.3 Å². The molecule has 0 radical (unpaired) electrons. The number of ether oxygens (including phenoxy) is 4. The highest BCUT2D eigenvalue weighted by Crippen LogP contribution is 2.36. The average molecular weight is 535 g/mol. The number of allylic oxidation sites excluding steroid dienone is 1. The van der Waals surface area contributed by atoms with Crippen molar-refractivity contribution in [1.29, 1.82) is 0 Å². The van der Waals surface area contributed by atoms with Gasteiger partial charge >= 0.3 is 5.97 Å². The topological polar surface area (TPSA) is 88.3 Å². The molecule has 0 fully saturated rings. The molecule has 0 saturated heterocycles. The van der Waals surface area contributed by atoms with Gasteiger partial charge in [-0.3, -0.25) is 9.36 Å². The summed E-state index contributed by atoms with van der Waals surface area (Å²) < 4.78 is 24.2. The largest absolute Gasteiger partial charge is 0.493 e. The van der Waals surface area contributed by atoms with Crippen molar-refractivity contribution in [2.45, 2.75) is 26.8 Å². The van der Waals surface area contributed by atoms with E-state index in [4.69, 9.17) is 18.9 Å². The molecule has 1 aliphatic rings. The van der Waals surface area contributed by atoms with Crippen LogP contribution in [0.5, 0.6) is 17.2 Å². The summed E-state index contributed by atoms with van der Waals surface area (Å²) in [4.78, 5) is 32.0. The number of hydrogen-bond acceptors (Lipinski definition) is 8. The van der Waals surface area contributed by atoms with Gasteiger partial charge in [0.05, 0.1) is 42.2 Å². The number of methoxy groups -OCH3 is 1. The van der Waals surface area contributed by atoms with Crippen LogP contribution in [-0.2, 0) is 9.53 Å². The molecule has 3 aromatic rings. The number of nitrogens with zero attached hydrogens (tertiary/aromatic N) is 2. The normalized spacial score (nSPS) is 14.9. The Morgan fingerprint density at radius 1 is 1.11 bits per heavy atom. The quantitative estimate of drug-likeness (QED) is 0.291. The molecule has 0 spiro atoms. The van der Waals surface area contributed by atoms with Crippen molar-refractivity contribution < 1.29 is 23.7 Å². The van der Waals surface area contributed by atoms with Gasteiger partial charge in [0.15, 0.2) is 16.3 Å². The third kappa shape index (κ3) is 5.43. The predicted octanol–water partition coefficient (Wildman–Crippen LogP) is 3.77. The molecule has 0 N–H and O–H groups in total. The predicted molar refractivity (Wildman–Crippen MR) is 147 cm³/mol. The Hall–Kier alpha value is -4.11. The first-order valence-electron chi connectivity index (χ1n) is 12.3. The SMILES string of the molecule is C=CCOc1ccc(/C=c2\sc3n(c2=O)[C@@H](c2ccc(OC)c(OCC)c2)C(C(=O)OCC)=C(C)N=3)cc1. The van der Waals surface area contributed by atoms with Crippen LogP contribution in [0.3, 0.4) is 0 Å². The van der Waals surface area contributed by atoms with Crippen LogP contribution < -0.4 is 29.1 Å². The lowest BCUT2D eigenvalue weighted by Gasteiger charge is -2.25. The van der Waals surface area contributed by atoms with E-state index in [2.05, 4.69) is 11.6 Å². The first-order valence-corrected chi connectivity index (χ1v) is 13.1. The number of carbonyl (C=O) groups excluding carboxylic acids is 1. The molecule has 8 nitrogen and oxygen atoms in total. The summed E-state index contributed by atoms with van der Waals surface area (Å²) in [6, 6.07) is 12.1. The van der Waals surface area contributed by atoms with Crippen LogP contribution in [0.25, 0.3) is 6.08 Å². The maximum atomic E-state index is 13.8. The lowest BCUT2D eigenvalue weighted by molar-refractivity contribution is -0.139. The number of benzene rings is 2. The third-order valence-corrected chi connectivity index (χ3v) is 6.85. The molecular weight excluding hydrogens is 504 g/mol. The zero-order valence-corrected chi connectivity index (χ0v) is 22.7. The molecule has 1 atom stereocenters. The number of carbonyl (C=O) groups is 1. The summed E-state index contributed by atoms with van der Waals surface area (Å²) in [6.45, 7) is 10.1. The van der Waals surface area contributed by atoms with Crippen LogP contribution in [0.15, 0.2) is 76.2 Å². The van der Waals surface area contributed by atoms with Crippen LogP contribution in [0.2, 0.25) is 0 Å². The smallest absolute Gasteiger partial charge is 0.338 e. The van der Waals surface area contributed by atoms with Gasteiger partial charge in [0, 0.05) is 0 Å². The molecular formula is C29H30N2O6S. The van der Waals surface area contributed by atoms with Crippen molar-refractivity contribution in [3.8, 4) is 17.2 Å². The molecule has 1 aliphatic heterocycles. The zero-order chi connectivity index (χ0) is 27.2. The second kappa shape index (κ2) is 12.0. The Morgan fingerprint density at radius 2 is 1.87 bits per heavy atom. The molecule has 9 heteroatoms. The number of thiazole rings is 1. The summed E-state index contributed by atoms with van der Waals surface area (Å²) in [6.07, 6.45) is 3.49. The second-order valence-electron chi connectivity index (χ2n) is 8.31. The van der Waals surface area contributed by atoms with Gasteiger partial charge in [-0.2, -0.15) is 0 Å². The summed E-state index contributed by atoms with van der Waals surface area (Å²) in [5.41, 5.74) is 2.07. The Morgan fingerprint density at radius 3 is 2.53 bits per heavy atom. The van der Waals surface area contributed by atoms with Gasteiger partial charge in [-0.1, -0.05) is 42.2 Å². The summed E-state index contributed by atoms with van der Waals surface area (Å²) in [5, 5.41) is 0. The minimum absolute atomic E-state index is 0.200. The lowest BCUT2D eigenvalue weighted by Crippen LogP contribution is -2.40. The minimum atomic E-state index is -0.743. The van der Waals surface area contributed by atoms with Gasteiger partial charge in [0.2, 0.25) is 0 Å². The Kier molecular flexibility index (Phi) is 8.48. The van der Waals surface area contributed by atoms with Gasteiger partial charge in [0.1, 0.15) is 12.4 Å². The fraction of sp³-hybridized carbons (Fsp3) is 0.276. The molecule has 0 unspecified atom stereocenters. The highest BCUT2D eigenvalue weighted by Gasteiger charge is 2.34. The standard InChI is InChI=1S/C29H30N2O6S/c1-6-15-37-21-12-9-19(10-13-21)16-24-27(32)31-26(20-11-14-22(34-5)23(17-20)35-7-2)25(28(33)36-8-3)18(4)30-29(31)38-24/h6,9-14,16-17,26H,1,7-8,15H2,2-5H3/b24-16-/t26-/m0/s1.